The second-order valence-electron chi connectivity index (χ2n) is 6.51. The Bertz CT molecular complexity index is 1030. The van der Waals surface area contributed by atoms with Gasteiger partial charge < -0.3 is 25.9 Å². The number of aryl methyl sites for hydroxylation is 1. The summed E-state index contributed by atoms with van der Waals surface area (Å²) in [4.78, 5) is 19.4. The number of aliphatic carboxylic acids is 1. The summed E-state index contributed by atoms with van der Waals surface area (Å²) in [6.45, 7) is 4.18. The number of nitrogens with two attached hydrogens (primary N) is 1. The molecule has 0 saturated carbocycles. The molecule has 6 N–H and O–H groups in total. The van der Waals surface area contributed by atoms with Gasteiger partial charge in [-0.05, 0) is 61.9 Å². The number of carboxylic acids is 1. The van der Waals surface area contributed by atoms with Crippen LogP contribution in [0.15, 0.2) is 48.7 Å². The van der Waals surface area contributed by atoms with Gasteiger partial charge in [0.1, 0.15) is 17.4 Å². The highest BCUT2D eigenvalue weighted by Gasteiger charge is 2.22. The van der Waals surface area contributed by atoms with E-state index in [0.717, 1.165) is 17.1 Å². The van der Waals surface area contributed by atoms with Crippen LogP contribution in [0.25, 0.3) is 11.3 Å². The molecule has 2 aromatic carbocycles. The third kappa shape index (κ3) is 4.73. The van der Waals surface area contributed by atoms with Crippen LogP contribution in [0.5, 0.6) is 5.75 Å². The Morgan fingerprint density at radius 1 is 1.31 bits per heavy atom. The molecule has 1 heterocycles. The van der Waals surface area contributed by atoms with Gasteiger partial charge in [0, 0.05) is 16.8 Å². The number of nitrogens with zero attached hydrogens (tertiary/aromatic N) is 1. The first-order valence-corrected chi connectivity index (χ1v) is 9.11. The molecule has 1 aromatic heterocycles. The number of aromatic nitrogens is 2. The van der Waals surface area contributed by atoms with E-state index in [1.165, 1.54) is 0 Å². The van der Waals surface area contributed by atoms with E-state index in [-0.39, 0.29) is 5.84 Å². The van der Waals surface area contributed by atoms with Gasteiger partial charge in [0.25, 0.3) is 0 Å². The Morgan fingerprint density at radius 3 is 2.59 bits per heavy atom. The van der Waals surface area contributed by atoms with Crippen molar-refractivity contribution in [2.75, 3.05) is 11.9 Å². The predicted octanol–water partition coefficient (Wildman–Crippen LogP) is 3.31. The second-order valence-corrected chi connectivity index (χ2v) is 6.51. The summed E-state index contributed by atoms with van der Waals surface area (Å²) in [5, 5.41) is 20.3. The van der Waals surface area contributed by atoms with Crippen LogP contribution in [0.4, 0.5) is 5.69 Å². The zero-order valence-corrected chi connectivity index (χ0v) is 16.2. The van der Waals surface area contributed by atoms with Gasteiger partial charge >= 0.3 is 5.97 Å². The maximum Gasteiger partial charge on any atom is 0.330 e. The van der Waals surface area contributed by atoms with Crippen molar-refractivity contribution < 1.29 is 14.6 Å². The molecule has 8 heteroatoms. The lowest BCUT2D eigenvalue weighted by Gasteiger charge is -2.18. The highest BCUT2D eigenvalue weighted by atomic mass is 16.5. The van der Waals surface area contributed by atoms with Crippen molar-refractivity contribution in [3.8, 4) is 17.0 Å². The monoisotopic (exact) mass is 393 g/mol. The van der Waals surface area contributed by atoms with E-state index in [1.54, 1.807) is 42.6 Å². The number of ether oxygens (including phenoxy) is 1. The molecule has 8 nitrogen and oxygen atoms in total. The molecule has 0 aliphatic heterocycles. The topological polar surface area (TPSA) is 137 Å². The molecule has 150 valence electrons. The molecule has 0 aliphatic carbocycles. The molecule has 0 fully saturated rings. The standard InChI is InChI=1S/C21H23N5O3/c1-3-29-17-9-14(18-11-24-12(2)25-18)8-15(10-17)19(21(27)28)26-16-6-4-13(5-7-16)20(22)23/h4-11,19,26H,3H2,1-2H3,(H3,22,23)(H,24,25)(H,27,28). The number of imidazole rings is 1. The van der Waals surface area contributed by atoms with Gasteiger partial charge in [-0.3, -0.25) is 5.41 Å². The number of carboxylic acid groups (broad SMARTS) is 1. The average molecular weight is 393 g/mol. The maximum atomic E-state index is 12.0. The summed E-state index contributed by atoms with van der Waals surface area (Å²) in [7, 11) is 0. The molecular weight excluding hydrogens is 370 g/mol. The van der Waals surface area contributed by atoms with Crippen LogP contribution >= 0.6 is 0 Å². The van der Waals surface area contributed by atoms with Crippen molar-refractivity contribution >= 4 is 17.5 Å². The molecule has 0 radical (unpaired) electrons. The number of hydrogen-bond donors (Lipinski definition) is 5. The Hall–Kier alpha value is -3.81. The third-order valence-corrected chi connectivity index (χ3v) is 4.34. The van der Waals surface area contributed by atoms with E-state index in [9.17, 15) is 9.90 Å². The minimum absolute atomic E-state index is 0.0461. The van der Waals surface area contributed by atoms with E-state index in [1.807, 2.05) is 19.9 Å². The highest BCUT2D eigenvalue weighted by Crippen LogP contribution is 2.30. The smallest absolute Gasteiger partial charge is 0.330 e. The first kappa shape index (κ1) is 19.9. The lowest BCUT2D eigenvalue weighted by molar-refractivity contribution is -0.138. The fraction of sp³-hybridized carbons (Fsp3) is 0.190. The fourth-order valence-corrected chi connectivity index (χ4v) is 2.96. The summed E-state index contributed by atoms with van der Waals surface area (Å²) in [6, 6.07) is 11.1. The summed E-state index contributed by atoms with van der Waals surface area (Å²) < 4.78 is 5.65. The van der Waals surface area contributed by atoms with E-state index >= 15 is 0 Å². The molecule has 0 aliphatic rings. The number of aromatic amines is 1. The van der Waals surface area contributed by atoms with Crippen LogP contribution < -0.4 is 15.8 Å². The normalized spacial score (nSPS) is 11.7. The highest BCUT2D eigenvalue weighted by molar-refractivity contribution is 5.95. The molecule has 29 heavy (non-hydrogen) atoms. The van der Waals surface area contributed by atoms with Gasteiger partial charge in [-0.2, -0.15) is 0 Å². The number of H-pyrrole nitrogens is 1. The number of anilines is 1. The fourth-order valence-electron chi connectivity index (χ4n) is 2.96. The van der Waals surface area contributed by atoms with Crippen molar-refractivity contribution in [2.45, 2.75) is 19.9 Å². The number of hydrogen-bond acceptors (Lipinski definition) is 5. The molecule has 0 bridgehead atoms. The van der Waals surface area contributed by atoms with Crippen molar-refractivity contribution in [3.63, 3.8) is 0 Å². The molecule has 1 unspecified atom stereocenters. The SMILES string of the molecule is CCOc1cc(-c2cnc(C)[nH]2)cc(C(Nc2ccc(C(=N)N)cc2)C(=O)O)c1. The molecule has 0 spiro atoms. The van der Waals surface area contributed by atoms with Crippen molar-refractivity contribution in [2.24, 2.45) is 5.73 Å². The molecule has 1 atom stereocenters. The lowest BCUT2D eigenvalue weighted by atomic mass is 10.0. The number of amidine groups is 1. The van der Waals surface area contributed by atoms with E-state index in [4.69, 9.17) is 15.9 Å². The van der Waals surface area contributed by atoms with Crippen LogP contribution in [-0.2, 0) is 4.79 Å². The van der Waals surface area contributed by atoms with Gasteiger partial charge in [0.2, 0.25) is 0 Å². The minimum Gasteiger partial charge on any atom is -0.494 e. The second kappa shape index (κ2) is 8.47. The van der Waals surface area contributed by atoms with Gasteiger partial charge in [0.05, 0.1) is 18.5 Å². The minimum atomic E-state index is -1.03. The van der Waals surface area contributed by atoms with Gasteiger partial charge in [-0.25, -0.2) is 9.78 Å². The zero-order valence-electron chi connectivity index (χ0n) is 16.2. The Labute approximate surface area is 168 Å². The Balaban J connectivity index is 1.98. The first-order chi connectivity index (χ1) is 13.9. The average Bonchev–Trinajstić information content (AvgIpc) is 3.12. The number of benzene rings is 2. The first-order valence-electron chi connectivity index (χ1n) is 9.11. The zero-order chi connectivity index (χ0) is 21.0. The summed E-state index contributed by atoms with van der Waals surface area (Å²) in [6.07, 6.45) is 1.70. The molecule has 3 rings (SSSR count). The van der Waals surface area contributed by atoms with Crippen LogP contribution in [0, 0.1) is 12.3 Å². The summed E-state index contributed by atoms with van der Waals surface area (Å²) in [5.41, 5.74) is 8.74. The molecule has 0 amide bonds. The quantitative estimate of drug-likeness (QED) is 0.294. The Kier molecular flexibility index (Phi) is 5.82. The van der Waals surface area contributed by atoms with E-state index in [2.05, 4.69) is 15.3 Å². The van der Waals surface area contributed by atoms with Crippen molar-refractivity contribution in [1.82, 2.24) is 9.97 Å². The van der Waals surface area contributed by atoms with Crippen LogP contribution in [0.3, 0.4) is 0 Å². The van der Waals surface area contributed by atoms with Crippen LogP contribution in [0.2, 0.25) is 0 Å². The molecule has 3 aromatic rings. The third-order valence-electron chi connectivity index (χ3n) is 4.34. The Morgan fingerprint density at radius 2 is 2.03 bits per heavy atom. The summed E-state index contributed by atoms with van der Waals surface area (Å²) >= 11 is 0. The number of rotatable bonds is 8. The van der Waals surface area contributed by atoms with Crippen LogP contribution in [-0.4, -0.2) is 33.5 Å². The van der Waals surface area contributed by atoms with Crippen molar-refractivity contribution in [1.29, 1.82) is 5.41 Å². The molecular formula is C21H23N5O3. The summed E-state index contributed by atoms with van der Waals surface area (Å²) in [5.74, 6) is 0.269. The predicted molar refractivity (Wildman–Crippen MR) is 111 cm³/mol. The number of nitrogen functional groups attached to an aromatic ring is 1. The molecule has 0 saturated heterocycles. The van der Waals surface area contributed by atoms with Crippen molar-refractivity contribution in [3.05, 3.63) is 65.6 Å². The van der Waals surface area contributed by atoms with Gasteiger partial charge in [0.15, 0.2) is 6.04 Å². The van der Waals surface area contributed by atoms with Gasteiger partial charge in [-0.15, -0.1) is 0 Å². The van der Waals surface area contributed by atoms with E-state index in [0.29, 0.717) is 29.2 Å². The number of nitrogens with one attached hydrogen (secondary N) is 3. The number of carbonyl (C=O) groups is 1. The lowest BCUT2D eigenvalue weighted by Crippen LogP contribution is -2.21. The largest absolute Gasteiger partial charge is 0.494 e. The van der Waals surface area contributed by atoms with Crippen LogP contribution in [0.1, 0.15) is 29.9 Å². The maximum absolute atomic E-state index is 12.0. The van der Waals surface area contributed by atoms with Gasteiger partial charge in [-0.1, -0.05) is 0 Å². The van der Waals surface area contributed by atoms with E-state index < -0.39 is 12.0 Å².